The van der Waals surface area contributed by atoms with Crippen LogP contribution in [-0.4, -0.2) is 26.8 Å². The van der Waals surface area contributed by atoms with Gasteiger partial charge in [-0.05, 0) is 73.0 Å². The van der Waals surface area contributed by atoms with E-state index >= 15 is 0 Å². The molecule has 0 heterocycles. The van der Waals surface area contributed by atoms with Gasteiger partial charge in [-0.15, -0.1) is 0 Å². The van der Waals surface area contributed by atoms with Crippen molar-refractivity contribution in [1.29, 1.82) is 0 Å². The van der Waals surface area contributed by atoms with Crippen molar-refractivity contribution in [2.75, 3.05) is 17.0 Å². The molecule has 112 valence electrons. The molecule has 1 aliphatic rings. The molecule has 0 atom stereocenters. The first kappa shape index (κ1) is 16.0. The molecule has 0 unspecified atom stereocenters. The molecule has 0 aliphatic heterocycles. The Balaban J connectivity index is 1.77. The van der Waals surface area contributed by atoms with Gasteiger partial charge < -0.3 is 5.32 Å². The van der Waals surface area contributed by atoms with Crippen molar-refractivity contribution in [3.8, 4) is 0 Å². The normalized spacial score (nSPS) is 15.3. The van der Waals surface area contributed by atoms with Gasteiger partial charge in [0.15, 0.2) is 0 Å². The van der Waals surface area contributed by atoms with Crippen LogP contribution in [0.1, 0.15) is 25.7 Å². The summed E-state index contributed by atoms with van der Waals surface area (Å²) in [7, 11) is -3.36. The van der Waals surface area contributed by atoms with Crippen LogP contribution in [0.5, 0.6) is 0 Å². The minimum atomic E-state index is -3.36. The second-order valence-corrected chi connectivity index (χ2v) is 7.98. The number of hydrogen-bond donors (Lipinski definition) is 2. The first-order valence-corrected chi connectivity index (χ1v) is 9.38. The summed E-state index contributed by atoms with van der Waals surface area (Å²) in [5.41, 5.74) is 0.433. The van der Waals surface area contributed by atoms with E-state index in [0.29, 0.717) is 21.7 Å². The van der Waals surface area contributed by atoms with Crippen molar-refractivity contribution in [3.05, 3.63) is 27.6 Å². The third-order valence-corrected chi connectivity index (χ3v) is 5.30. The Morgan fingerprint density at radius 3 is 2.70 bits per heavy atom. The predicted molar refractivity (Wildman–Crippen MR) is 86.8 cm³/mol. The van der Waals surface area contributed by atoms with E-state index in [9.17, 15) is 12.8 Å². The van der Waals surface area contributed by atoms with Crippen molar-refractivity contribution in [1.82, 2.24) is 5.32 Å². The predicted octanol–water partition coefficient (Wildman–Crippen LogP) is 2.70. The molecule has 0 aromatic heterocycles. The lowest BCUT2D eigenvalue weighted by atomic mass is 10.3. The highest BCUT2D eigenvalue weighted by molar-refractivity contribution is 14.1. The van der Waals surface area contributed by atoms with Gasteiger partial charge in [-0.25, -0.2) is 12.8 Å². The molecule has 1 aliphatic carbocycles. The van der Waals surface area contributed by atoms with Gasteiger partial charge in [-0.2, -0.15) is 0 Å². The van der Waals surface area contributed by atoms with Crippen LogP contribution in [-0.2, 0) is 10.0 Å². The Labute approximate surface area is 132 Å². The lowest BCUT2D eigenvalue weighted by Gasteiger charge is -2.10. The van der Waals surface area contributed by atoms with E-state index in [0.717, 1.165) is 13.0 Å². The Hall–Kier alpha value is -0.410. The van der Waals surface area contributed by atoms with E-state index in [1.807, 2.05) is 22.6 Å². The number of nitrogens with one attached hydrogen (secondary N) is 2. The average molecular weight is 412 g/mol. The monoisotopic (exact) mass is 412 g/mol. The zero-order valence-electron chi connectivity index (χ0n) is 11.0. The van der Waals surface area contributed by atoms with Crippen LogP contribution >= 0.6 is 22.6 Å². The van der Waals surface area contributed by atoms with Crippen LogP contribution in [0.3, 0.4) is 0 Å². The third-order valence-electron chi connectivity index (χ3n) is 3.05. The highest BCUT2D eigenvalue weighted by atomic mass is 127. The Morgan fingerprint density at radius 2 is 2.05 bits per heavy atom. The summed E-state index contributed by atoms with van der Waals surface area (Å²) in [5.74, 6) is -0.282. The number of sulfonamides is 1. The molecule has 2 rings (SSSR count). The van der Waals surface area contributed by atoms with Crippen LogP contribution in [0.2, 0.25) is 0 Å². The maximum Gasteiger partial charge on any atom is 0.232 e. The Kier molecular flexibility index (Phi) is 5.62. The average Bonchev–Trinajstić information content (AvgIpc) is 3.16. The first-order valence-electron chi connectivity index (χ1n) is 6.65. The van der Waals surface area contributed by atoms with Gasteiger partial charge in [0.25, 0.3) is 0 Å². The Bertz CT molecular complexity index is 561. The highest BCUT2D eigenvalue weighted by Gasteiger charge is 2.19. The fourth-order valence-electron chi connectivity index (χ4n) is 1.80. The first-order chi connectivity index (χ1) is 9.46. The summed E-state index contributed by atoms with van der Waals surface area (Å²) in [6, 6.07) is 4.66. The number of unbranched alkanes of at least 4 members (excludes halogenated alkanes) is 1. The molecule has 0 spiro atoms. The van der Waals surface area contributed by atoms with E-state index in [1.54, 1.807) is 0 Å². The van der Waals surface area contributed by atoms with Crippen molar-refractivity contribution in [2.24, 2.45) is 0 Å². The van der Waals surface area contributed by atoms with Gasteiger partial charge in [-0.1, -0.05) is 0 Å². The second kappa shape index (κ2) is 7.04. The minimum Gasteiger partial charge on any atom is -0.314 e. The molecule has 4 nitrogen and oxygen atoms in total. The van der Waals surface area contributed by atoms with Crippen LogP contribution in [0, 0.1) is 9.39 Å². The van der Waals surface area contributed by atoms with Gasteiger partial charge in [-0.3, -0.25) is 4.72 Å². The summed E-state index contributed by atoms with van der Waals surface area (Å²) in [6.07, 6.45) is 3.94. The quantitative estimate of drug-likeness (QED) is 0.510. The number of anilines is 1. The van der Waals surface area contributed by atoms with Crippen LogP contribution in [0.25, 0.3) is 0 Å². The van der Waals surface area contributed by atoms with E-state index in [1.165, 1.54) is 31.0 Å². The second-order valence-electron chi connectivity index (χ2n) is 4.98. The molecular weight excluding hydrogens is 394 g/mol. The lowest BCUT2D eigenvalue weighted by Crippen LogP contribution is -2.20. The van der Waals surface area contributed by atoms with Crippen LogP contribution < -0.4 is 10.0 Å². The molecule has 20 heavy (non-hydrogen) atoms. The lowest BCUT2D eigenvalue weighted by molar-refractivity contribution is 0.590. The van der Waals surface area contributed by atoms with Gasteiger partial charge >= 0.3 is 0 Å². The zero-order chi connectivity index (χ0) is 14.6. The van der Waals surface area contributed by atoms with Gasteiger partial charge in [0.2, 0.25) is 10.0 Å². The summed E-state index contributed by atoms with van der Waals surface area (Å²) in [5, 5.41) is 3.35. The molecule has 0 bridgehead atoms. The van der Waals surface area contributed by atoms with E-state index < -0.39 is 10.0 Å². The zero-order valence-corrected chi connectivity index (χ0v) is 14.0. The summed E-state index contributed by atoms with van der Waals surface area (Å²) in [6.45, 7) is 0.869. The summed E-state index contributed by atoms with van der Waals surface area (Å²) < 4.78 is 39.8. The fourth-order valence-corrected chi connectivity index (χ4v) is 3.80. The molecule has 2 N–H and O–H groups in total. The fraction of sp³-hybridized carbons (Fsp3) is 0.538. The molecule has 0 saturated heterocycles. The molecule has 1 aromatic rings. The maximum absolute atomic E-state index is 12.9. The SMILES string of the molecule is O=S(=O)(CCCCNC1CC1)Nc1ccc(F)cc1I. The van der Waals surface area contributed by atoms with Crippen molar-refractivity contribution in [2.45, 2.75) is 31.7 Å². The molecule has 0 radical (unpaired) electrons. The number of benzene rings is 1. The van der Waals surface area contributed by atoms with Crippen molar-refractivity contribution in [3.63, 3.8) is 0 Å². The van der Waals surface area contributed by atoms with Crippen LogP contribution in [0.4, 0.5) is 10.1 Å². The van der Waals surface area contributed by atoms with Crippen LogP contribution in [0.15, 0.2) is 18.2 Å². The minimum absolute atomic E-state index is 0.0901. The smallest absolute Gasteiger partial charge is 0.232 e. The molecule has 1 saturated carbocycles. The van der Waals surface area contributed by atoms with E-state index in [4.69, 9.17) is 0 Å². The molecular formula is C13H18FIN2O2S. The van der Waals surface area contributed by atoms with E-state index in [-0.39, 0.29) is 11.6 Å². The van der Waals surface area contributed by atoms with Crippen molar-refractivity contribution < 1.29 is 12.8 Å². The van der Waals surface area contributed by atoms with E-state index in [2.05, 4.69) is 10.0 Å². The molecule has 7 heteroatoms. The maximum atomic E-state index is 12.9. The highest BCUT2D eigenvalue weighted by Crippen LogP contribution is 2.21. The van der Waals surface area contributed by atoms with Gasteiger partial charge in [0.05, 0.1) is 11.4 Å². The summed E-state index contributed by atoms with van der Waals surface area (Å²) in [4.78, 5) is 0. The standard InChI is InChI=1S/C13H18FIN2O2S/c14-10-3-6-13(12(15)9-10)17-20(18,19)8-2-1-7-16-11-4-5-11/h3,6,9,11,16-17H,1-2,4-5,7-8H2. The molecule has 1 fully saturated rings. The third kappa shape index (κ3) is 5.53. The molecule has 0 amide bonds. The van der Waals surface area contributed by atoms with Crippen molar-refractivity contribution >= 4 is 38.3 Å². The van der Waals surface area contributed by atoms with Gasteiger partial charge in [0, 0.05) is 9.61 Å². The largest absolute Gasteiger partial charge is 0.314 e. The topological polar surface area (TPSA) is 58.2 Å². The number of halogens is 2. The molecule has 1 aromatic carbocycles. The number of hydrogen-bond acceptors (Lipinski definition) is 3. The number of rotatable bonds is 8. The van der Waals surface area contributed by atoms with Gasteiger partial charge in [0.1, 0.15) is 5.82 Å². The summed E-state index contributed by atoms with van der Waals surface area (Å²) >= 11 is 1.91. The Morgan fingerprint density at radius 1 is 1.30 bits per heavy atom.